The van der Waals surface area contributed by atoms with Crippen LogP contribution in [0, 0.1) is 0 Å². The minimum Gasteiger partial charge on any atom is -0.394 e. The van der Waals surface area contributed by atoms with Gasteiger partial charge in [0.15, 0.2) is 0 Å². The smallest absolute Gasteiger partial charge is 0.0633 e. The van der Waals surface area contributed by atoms with Crippen molar-refractivity contribution in [2.75, 3.05) is 13.2 Å². The molecule has 0 unspecified atom stereocenters. The third-order valence-electron chi connectivity index (χ3n) is 4.38. The van der Waals surface area contributed by atoms with Crippen LogP contribution in [0.5, 0.6) is 0 Å². The fraction of sp³-hybridized carbons (Fsp3) is 0.727. The summed E-state index contributed by atoms with van der Waals surface area (Å²) in [7, 11) is 0. The van der Waals surface area contributed by atoms with E-state index in [2.05, 4.69) is 45.0 Å². The predicted octanol–water partition coefficient (Wildman–Crippen LogP) is 4.62. The standard InChI is InChI=1S/C19H33NO2.C3H8/c1-2-3-4-5-6-7-8-17-9-11-18(12-10-17)13-14-19(20,15-21)16-22;1-3-2/h9-12,21-22H,2-8,13-16,20H2,1H3;3H2,1-2H3. The van der Waals surface area contributed by atoms with Crippen LogP contribution in [0.4, 0.5) is 0 Å². The Balaban J connectivity index is 0.00000178. The molecule has 0 aliphatic carbocycles. The van der Waals surface area contributed by atoms with Crippen molar-refractivity contribution < 1.29 is 10.2 Å². The van der Waals surface area contributed by atoms with Gasteiger partial charge in [-0.2, -0.15) is 0 Å². The van der Waals surface area contributed by atoms with Crippen molar-refractivity contribution in [1.82, 2.24) is 0 Å². The molecule has 0 atom stereocenters. The van der Waals surface area contributed by atoms with Gasteiger partial charge in [-0.1, -0.05) is 83.6 Å². The van der Waals surface area contributed by atoms with Crippen molar-refractivity contribution in [3.8, 4) is 0 Å². The lowest BCUT2D eigenvalue weighted by Gasteiger charge is -2.24. The van der Waals surface area contributed by atoms with Gasteiger partial charge in [0.1, 0.15) is 0 Å². The molecule has 0 amide bonds. The Bertz CT molecular complexity index is 399. The van der Waals surface area contributed by atoms with E-state index in [9.17, 15) is 10.2 Å². The van der Waals surface area contributed by atoms with Gasteiger partial charge in [0.05, 0.1) is 18.8 Å². The number of unbranched alkanes of at least 4 members (excludes halogenated alkanes) is 5. The van der Waals surface area contributed by atoms with E-state index >= 15 is 0 Å². The van der Waals surface area contributed by atoms with Crippen LogP contribution in [0.15, 0.2) is 24.3 Å². The maximum atomic E-state index is 9.20. The molecule has 0 saturated carbocycles. The number of hydrogen-bond donors (Lipinski definition) is 3. The van der Waals surface area contributed by atoms with Crippen LogP contribution in [-0.4, -0.2) is 29.0 Å². The third kappa shape index (κ3) is 12.1. The number of rotatable bonds is 12. The Morgan fingerprint density at radius 3 is 1.68 bits per heavy atom. The Kier molecular flexibility index (Phi) is 14.8. The van der Waals surface area contributed by atoms with E-state index in [1.807, 2.05) is 0 Å². The van der Waals surface area contributed by atoms with Crippen LogP contribution in [-0.2, 0) is 12.8 Å². The third-order valence-corrected chi connectivity index (χ3v) is 4.38. The first kappa shape index (κ1) is 24.1. The molecule has 0 radical (unpaired) electrons. The van der Waals surface area contributed by atoms with Crippen LogP contribution >= 0.6 is 0 Å². The quantitative estimate of drug-likeness (QED) is 0.481. The largest absolute Gasteiger partial charge is 0.394 e. The minimum atomic E-state index is -0.864. The molecule has 0 spiro atoms. The second kappa shape index (κ2) is 15.4. The lowest BCUT2D eigenvalue weighted by atomic mass is 9.93. The molecule has 0 aliphatic heterocycles. The number of aryl methyl sites for hydroxylation is 2. The maximum Gasteiger partial charge on any atom is 0.0633 e. The van der Waals surface area contributed by atoms with Crippen molar-refractivity contribution in [2.45, 2.75) is 90.5 Å². The number of benzene rings is 1. The summed E-state index contributed by atoms with van der Waals surface area (Å²) in [6.45, 7) is 6.14. The van der Waals surface area contributed by atoms with Gasteiger partial charge >= 0.3 is 0 Å². The van der Waals surface area contributed by atoms with Crippen molar-refractivity contribution in [3.63, 3.8) is 0 Å². The van der Waals surface area contributed by atoms with E-state index < -0.39 is 5.54 Å². The van der Waals surface area contributed by atoms with Crippen LogP contribution in [0.25, 0.3) is 0 Å². The zero-order valence-corrected chi connectivity index (χ0v) is 16.8. The van der Waals surface area contributed by atoms with E-state index in [0.717, 1.165) is 12.8 Å². The molecule has 146 valence electrons. The second-order valence-electron chi connectivity index (χ2n) is 7.22. The molecule has 3 heteroatoms. The molecule has 1 aromatic carbocycles. The molecule has 3 nitrogen and oxygen atoms in total. The molecule has 0 bridgehead atoms. The first-order chi connectivity index (χ1) is 12.0. The molecule has 1 aromatic rings. The fourth-order valence-corrected chi connectivity index (χ4v) is 2.58. The van der Waals surface area contributed by atoms with E-state index in [-0.39, 0.29) is 13.2 Å². The zero-order chi connectivity index (χ0) is 19.0. The van der Waals surface area contributed by atoms with E-state index in [1.54, 1.807) is 0 Å². The molecular weight excluding hydrogens is 310 g/mol. The second-order valence-corrected chi connectivity index (χ2v) is 7.22. The van der Waals surface area contributed by atoms with E-state index in [0.29, 0.717) is 6.42 Å². The average Bonchev–Trinajstić information content (AvgIpc) is 2.64. The Morgan fingerprint density at radius 1 is 0.760 bits per heavy atom. The van der Waals surface area contributed by atoms with Gasteiger partial charge < -0.3 is 15.9 Å². The summed E-state index contributed by atoms with van der Waals surface area (Å²) in [5.41, 5.74) is 7.63. The molecule has 0 saturated heterocycles. The first-order valence-electron chi connectivity index (χ1n) is 10.1. The summed E-state index contributed by atoms with van der Waals surface area (Å²) < 4.78 is 0. The van der Waals surface area contributed by atoms with Crippen molar-refractivity contribution >= 4 is 0 Å². The molecule has 0 fully saturated rings. The number of aliphatic hydroxyl groups is 2. The predicted molar refractivity (Wildman–Crippen MR) is 109 cm³/mol. The van der Waals surface area contributed by atoms with Crippen LogP contribution in [0.2, 0.25) is 0 Å². The Hall–Kier alpha value is -0.900. The molecule has 0 heterocycles. The monoisotopic (exact) mass is 351 g/mol. The summed E-state index contributed by atoms with van der Waals surface area (Å²) in [5.74, 6) is 0. The highest BCUT2D eigenvalue weighted by Crippen LogP contribution is 2.14. The van der Waals surface area contributed by atoms with Crippen molar-refractivity contribution in [1.29, 1.82) is 0 Å². The van der Waals surface area contributed by atoms with Crippen molar-refractivity contribution in [2.24, 2.45) is 5.73 Å². The average molecular weight is 352 g/mol. The van der Waals surface area contributed by atoms with E-state index in [4.69, 9.17) is 5.73 Å². The Labute approximate surface area is 155 Å². The maximum absolute atomic E-state index is 9.20. The van der Waals surface area contributed by atoms with Crippen molar-refractivity contribution in [3.05, 3.63) is 35.4 Å². The lowest BCUT2D eigenvalue weighted by molar-refractivity contribution is 0.115. The summed E-state index contributed by atoms with van der Waals surface area (Å²) >= 11 is 0. The number of aliphatic hydroxyl groups excluding tert-OH is 2. The van der Waals surface area contributed by atoms with Crippen LogP contribution < -0.4 is 5.73 Å². The van der Waals surface area contributed by atoms with Gasteiger partial charge in [0.25, 0.3) is 0 Å². The molecular formula is C22H41NO2. The zero-order valence-electron chi connectivity index (χ0n) is 16.8. The summed E-state index contributed by atoms with van der Waals surface area (Å²) in [5, 5.41) is 18.4. The molecule has 0 aromatic heterocycles. The SMILES string of the molecule is CCC.CCCCCCCCc1ccc(CCC(N)(CO)CO)cc1. The van der Waals surface area contributed by atoms with Gasteiger partial charge in [-0.15, -0.1) is 0 Å². The molecule has 4 N–H and O–H groups in total. The van der Waals surface area contributed by atoms with Gasteiger partial charge in [-0.05, 0) is 36.8 Å². The normalized spacial score (nSPS) is 11.1. The van der Waals surface area contributed by atoms with E-state index in [1.165, 1.54) is 56.1 Å². The molecule has 0 aliphatic rings. The van der Waals surface area contributed by atoms with Gasteiger partial charge in [-0.3, -0.25) is 0 Å². The van der Waals surface area contributed by atoms with Crippen LogP contribution in [0.1, 0.15) is 83.3 Å². The highest BCUT2D eigenvalue weighted by molar-refractivity contribution is 5.23. The van der Waals surface area contributed by atoms with Gasteiger partial charge in [0.2, 0.25) is 0 Å². The van der Waals surface area contributed by atoms with Gasteiger partial charge in [0, 0.05) is 0 Å². The summed E-state index contributed by atoms with van der Waals surface area (Å²) in [4.78, 5) is 0. The van der Waals surface area contributed by atoms with Crippen LogP contribution in [0.3, 0.4) is 0 Å². The Morgan fingerprint density at radius 2 is 1.20 bits per heavy atom. The first-order valence-corrected chi connectivity index (χ1v) is 10.1. The topological polar surface area (TPSA) is 66.5 Å². The lowest BCUT2D eigenvalue weighted by Crippen LogP contribution is -2.47. The van der Waals surface area contributed by atoms with Gasteiger partial charge in [-0.25, -0.2) is 0 Å². The number of hydrogen-bond acceptors (Lipinski definition) is 3. The summed E-state index contributed by atoms with van der Waals surface area (Å²) in [6, 6.07) is 8.66. The summed E-state index contributed by atoms with van der Waals surface area (Å²) in [6.07, 6.45) is 11.8. The molecule has 1 rings (SSSR count). The fourth-order valence-electron chi connectivity index (χ4n) is 2.58. The molecule has 25 heavy (non-hydrogen) atoms. The minimum absolute atomic E-state index is 0.181. The highest BCUT2D eigenvalue weighted by Gasteiger charge is 2.22. The number of nitrogens with two attached hydrogens (primary N) is 1. The highest BCUT2D eigenvalue weighted by atomic mass is 16.3.